The molecule has 0 spiro atoms. The maximum absolute atomic E-state index is 12.7. The Labute approximate surface area is 138 Å². The molecule has 3 rings (SSSR count). The largest absolute Gasteiger partial charge is 0.507 e. The number of aryl methyl sites for hydroxylation is 1. The lowest BCUT2D eigenvalue weighted by Crippen LogP contribution is -2.54. The summed E-state index contributed by atoms with van der Waals surface area (Å²) in [7, 11) is 0. The van der Waals surface area contributed by atoms with Crippen LogP contribution in [0.4, 0.5) is 10.5 Å². The lowest BCUT2D eigenvalue weighted by atomic mass is 10.1. The number of imide groups is 2. The summed E-state index contributed by atoms with van der Waals surface area (Å²) in [5.74, 6) is -1.60. The SMILES string of the molecule is Cc1cccc(N2C(=O)NC(=O)/C(=C\c3ccccc3O)C2=O)c1. The number of carbonyl (C=O) groups is 3. The van der Waals surface area contributed by atoms with Crippen molar-refractivity contribution < 1.29 is 19.5 Å². The van der Waals surface area contributed by atoms with E-state index < -0.39 is 17.8 Å². The number of hydrogen-bond donors (Lipinski definition) is 2. The Morgan fingerprint density at radius 2 is 1.79 bits per heavy atom. The zero-order chi connectivity index (χ0) is 17.3. The summed E-state index contributed by atoms with van der Waals surface area (Å²) in [6.07, 6.45) is 1.27. The third-order valence-electron chi connectivity index (χ3n) is 3.60. The van der Waals surface area contributed by atoms with Crippen molar-refractivity contribution in [3.05, 3.63) is 65.2 Å². The molecule has 4 amide bonds. The van der Waals surface area contributed by atoms with Gasteiger partial charge in [0.05, 0.1) is 5.69 Å². The molecule has 2 N–H and O–H groups in total. The van der Waals surface area contributed by atoms with Gasteiger partial charge < -0.3 is 5.11 Å². The lowest BCUT2D eigenvalue weighted by molar-refractivity contribution is -0.122. The number of barbiturate groups is 1. The van der Waals surface area contributed by atoms with E-state index >= 15 is 0 Å². The highest BCUT2D eigenvalue weighted by atomic mass is 16.3. The van der Waals surface area contributed by atoms with Gasteiger partial charge in [-0.05, 0) is 36.8 Å². The van der Waals surface area contributed by atoms with Crippen LogP contribution in [0.25, 0.3) is 6.08 Å². The van der Waals surface area contributed by atoms with Crippen LogP contribution >= 0.6 is 0 Å². The van der Waals surface area contributed by atoms with Gasteiger partial charge in [-0.25, -0.2) is 9.69 Å². The van der Waals surface area contributed by atoms with Gasteiger partial charge in [0, 0.05) is 5.56 Å². The highest BCUT2D eigenvalue weighted by Gasteiger charge is 2.36. The smallest absolute Gasteiger partial charge is 0.335 e. The second kappa shape index (κ2) is 6.00. The van der Waals surface area contributed by atoms with Crippen LogP contribution in [0.15, 0.2) is 54.1 Å². The minimum atomic E-state index is -0.801. The number of nitrogens with zero attached hydrogens (tertiary/aromatic N) is 1. The molecular weight excluding hydrogens is 308 g/mol. The fourth-order valence-corrected chi connectivity index (χ4v) is 2.42. The van der Waals surface area contributed by atoms with Gasteiger partial charge in [0.1, 0.15) is 11.3 Å². The highest BCUT2D eigenvalue weighted by molar-refractivity contribution is 6.39. The maximum Gasteiger partial charge on any atom is 0.335 e. The normalized spacial score (nSPS) is 16.5. The first-order valence-corrected chi connectivity index (χ1v) is 7.23. The van der Waals surface area contributed by atoms with Crippen LogP contribution < -0.4 is 10.2 Å². The molecule has 6 heteroatoms. The molecule has 0 unspecified atom stereocenters. The van der Waals surface area contributed by atoms with E-state index in [1.807, 2.05) is 13.0 Å². The number of rotatable bonds is 2. The van der Waals surface area contributed by atoms with Crippen molar-refractivity contribution in [2.75, 3.05) is 4.90 Å². The number of benzene rings is 2. The second-order valence-electron chi connectivity index (χ2n) is 5.36. The van der Waals surface area contributed by atoms with Gasteiger partial charge in [-0.1, -0.05) is 30.3 Å². The molecule has 1 aliphatic heterocycles. The van der Waals surface area contributed by atoms with Gasteiger partial charge in [0.15, 0.2) is 0 Å². The Balaban J connectivity index is 2.05. The van der Waals surface area contributed by atoms with Crippen LogP contribution in [0.2, 0.25) is 0 Å². The van der Waals surface area contributed by atoms with E-state index in [0.29, 0.717) is 11.3 Å². The molecule has 1 aliphatic rings. The molecule has 1 saturated heterocycles. The van der Waals surface area contributed by atoms with Gasteiger partial charge in [0.2, 0.25) is 0 Å². The number of carbonyl (C=O) groups excluding carboxylic acids is 3. The van der Waals surface area contributed by atoms with E-state index in [1.165, 1.54) is 12.1 Å². The first-order chi connectivity index (χ1) is 11.5. The summed E-state index contributed by atoms with van der Waals surface area (Å²) in [5.41, 5.74) is 1.33. The molecule has 0 atom stereocenters. The number of para-hydroxylation sites is 1. The van der Waals surface area contributed by atoms with Crippen molar-refractivity contribution in [2.45, 2.75) is 6.92 Å². The predicted molar refractivity (Wildman–Crippen MR) is 88.3 cm³/mol. The first-order valence-electron chi connectivity index (χ1n) is 7.23. The molecule has 1 fully saturated rings. The molecule has 0 radical (unpaired) electrons. The molecule has 120 valence electrons. The number of urea groups is 1. The Morgan fingerprint density at radius 1 is 1.04 bits per heavy atom. The van der Waals surface area contributed by atoms with E-state index in [1.54, 1.807) is 36.4 Å². The number of nitrogens with one attached hydrogen (secondary N) is 1. The molecule has 0 aromatic heterocycles. The second-order valence-corrected chi connectivity index (χ2v) is 5.36. The van der Waals surface area contributed by atoms with Crippen molar-refractivity contribution in [2.24, 2.45) is 0 Å². The summed E-state index contributed by atoms with van der Waals surface area (Å²) < 4.78 is 0. The van der Waals surface area contributed by atoms with Crippen molar-refractivity contribution in [3.8, 4) is 5.75 Å². The van der Waals surface area contributed by atoms with Crippen molar-refractivity contribution in [1.29, 1.82) is 0 Å². The minimum absolute atomic E-state index is 0.0652. The summed E-state index contributed by atoms with van der Waals surface area (Å²) in [6.45, 7) is 1.83. The topological polar surface area (TPSA) is 86.7 Å². The van der Waals surface area contributed by atoms with Crippen LogP contribution in [0.1, 0.15) is 11.1 Å². The Hall–Kier alpha value is -3.41. The number of amides is 4. The zero-order valence-electron chi connectivity index (χ0n) is 12.8. The monoisotopic (exact) mass is 322 g/mol. The summed E-state index contributed by atoms with van der Waals surface area (Å²) in [5, 5.41) is 12.0. The van der Waals surface area contributed by atoms with Gasteiger partial charge in [0.25, 0.3) is 11.8 Å². The van der Waals surface area contributed by atoms with Crippen LogP contribution in [0.3, 0.4) is 0 Å². The predicted octanol–water partition coefficient (Wildman–Crippen LogP) is 2.37. The average Bonchev–Trinajstić information content (AvgIpc) is 2.53. The molecule has 1 heterocycles. The van der Waals surface area contributed by atoms with Crippen LogP contribution in [0.5, 0.6) is 5.75 Å². The summed E-state index contributed by atoms with van der Waals surface area (Å²) in [4.78, 5) is 37.7. The molecule has 0 saturated carbocycles. The number of aromatic hydroxyl groups is 1. The Morgan fingerprint density at radius 3 is 2.50 bits per heavy atom. The van der Waals surface area contributed by atoms with Crippen molar-refractivity contribution in [1.82, 2.24) is 5.32 Å². The van der Waals surface area contributed by atoms with Gasteiger partial charge in [-0.2, -0.15) is 0 Å². The van der Waals surface area contributed by atoms with E-state index in [4.69, 9.17) is 0 Å². The number of anilines is 1. The standard InChI is InChI=1S/C18H14N2O4/c1-11-5-4-7-13(9-11)20-17(23)14(16(22)19-18(20)24)10-12-6-2-3-8-15(12)21/h2-10,21H,1H3,(H,19,22,24)/b14-10+. The van der Waals surface area contributed by atoms with E-state index in [9.17, 15) is 19.5 Å². The third-order valence-corrected chi connectivity index (χ3v) is 3.60. The highest BCUT2D eigenvalue weighted by Crippen LogP contribution is 2.25. The molecule has 2 aromatic carbocycles. The molecule has 6 nitrogen and oxygen atoms in total. The summed E-state index contributed by atoms with van der Waals surface area (Å²) >= 11 is 0. The van der Waals surface area contributed by atoms with E-state index in [-0.39, 0.29) is 11.3 Å². The van der Waals surface area contributed by atoms with Crippen molar-refractivity contribution >= 4 is 29.6 Å². The first kappa shape index (κ1) is 15.5. The van der Waals surface area contributed by atoms with E-state index in [0.717, 1.165) is 10.5 Å². The van der Waals surface area contributed by atoms with E-state index in [2.05, 4.69) is 5.32 Å². The molecular formula is C18H14N2O4. The quantitative estimate of drug-likeness (QED) is 0.656. The lowest BCUT2D eigenvalue weighted by Gasteiger charge is -2.26. The molecule has 2 aromatic rings. The molecule has 24 heavy (non-hydrogen) atoms. The van der Waals surface area contributed by atoms with Crippen LogP contribution in [-0.2, 0) is 9.59 Å². The van der Waals surface area contributed by atoms with Gasteiger partial charge in [-0.3, -0.25) is 14.9 Å². The zero-order valence-corrected chi connectivity index (χ0v) is 12.8. The van der Waals surface area contributed by atoms with Gasteiger partial charge in [-0.15, -0.1) is 0 Å². The maximum atomic E-state index is 12.7. The van der Waals surface area contributed by atoms with Crippen molar-refractivity contribution in [3.63, 3.8) is 0 Å². The number of phenols is 1. The number of phenolic OH excluding ortho intramolecular Hbond substituents is 1. The molecule has 0 aliphatic carbocycles. The van der Waals surface area contributed by atoms with Gasteiger partial charge >= 0.3 is 6.03 Å². The Bertz CT molecular complexity index is 886. The number of hydrogen-bond acceptors (Lipinski definition) is 4. The fourth-order valence-electron chi connectivity index (χ4n) is 2.42. The van der Waals surface area contributed by atoms with Crippen LogP contribution in [0, 0.1) is 6.92 Å². The molecule has 0 bridgehead atoms. The minimum Gasteiger partial charge on any atom is -0.507 e. The van der Waals surface area contributed by atoms with Crippen LogP contribution in [-0.4, -0.2) is 23.0 Å². The average molecular weight is 322 g/mol. The fraction of sp³-hybridized carbons (Fsp3) is 0.0556. The third kappa shape index (κ3) is 2.77. The summed E-state index contributed by atoms with van der Waals surface area (Å²) in [6, 6.07) is 12.3. The Kier molecular flexibility index (Phi) is 3.87.